The van der Waals surface area contributed by atoms with Crippen molar-refractivity contribution in [2.45, 2.75) is 13.3 Å². The molecule has 0 aromatic heterocycles. The summed E-state index contributed by atoms with van der Waals surface area (Å²) in [6, 6.07) is 4.88. The van der Waals surface area contributed by atoms with Crippen LogP contribution >= 0.6 is 0 Å². The second kappa shape index (κ2) is 4.46. The maximum absolute atomic E-state index is 10.3. The number of rotatable bonds is 3. The molecule has 0 aliphatic carbocycles. The number of aliphatic carboxylic acids is 1. The number of aromatic hydroxyl groups is 1. The minimum absolute atomic E-state index is 0.203. The Labute approximate surface area is 82.3 Å². The summed E-state index contributed by atoms with van der Waals surface area (Å²) in [5.41, 5.74) is 1.76. The molecule has 0 aliphatic heterocycles. The Kier molecular flexibility index (Phi) is 3.29. The molecule has 0 saturated heterocycles. The van der Waals surface area contributed by atoms with Crippen LogP contribution in [0.2, 0.25) is 0 Å². The zero-order valence-electron chi connectivity index (χ0n) is 7.90. The van der Waals surface area contributed by atoms with Gasteiger partial charge in [-0.1, -0.05) is 13.0 Å². The zero-order valence-corrected chi connectivity index (χ0v) is 7.90. The van der Waals surface area contributed by atoms with Gasteiger partial charge < -0.3 is 10.2 Å². The van der Waals surface area contributed by atoms with Crippen molar-refractivity contribution in [2.24, 2.45) is 0 Å². The number of hydrogen-bond donors (Lipinski definition) is 2. The van der Waals surface area contributed by atoms with Gasteiger partial charge in [0.1, 0.15) is 5.75 Å². The highest BCUT2D eigenvalue weighted by atomic mass is 16.4. The predicted octanol–water partition coefficient (Wildman–Crippen LogP) is 2.05. The van der Waals surface area contributed by atoms with Crippen LogP contribution in [0.15, 0.2) is 24.3 Å². The maximum Gasteiger partial charge on any atom is 0.328 e. The van der Waals surface area contributed by atoms with Crippen molar-refractivity contribution in [3.05, 3.63) is 35.4 Å². The van der Waals surface area contributed by atoms with E-state index >= 15 is 0 Å². The van der Waals surface area contributed by atoms with Crippen LogP contribution in [-0.2, 0) is 11.2 Å². The van der Waals surface area contributed by atoms with Gasteiger partial charge in [0.25, 0.3) is 0 Å². The van der Waals surface area contributed by atoms with Gasteiger partial charge in [-0.15, -0.1) is 0 Å². The zero-order chi connectivity index (χ0) is 10.6. The molecule has 0 aliphatic rings. The molecule has 0 bridgehead atoms. The molecule has 0 saturated carbocycles. The molecule has 0 heterocycles. The Balaban J connectivity index is 3.02. The van der Waals surface area contributed by atoms with Gasteiger partial charge in [0.2, 0.25) is 0 Å². The quantitative estimate of drug-likeness (QED) is 0.720. The summed E-state index contributed by atoms with van der Waals surface area (Å²) in [5, 5.41) is 17.7. The van der Waals surface area contributed by atoms with Gasteiger partial charge in [-0.2, -0.15) is 0 Å². The molecule has 0 spiro atoms. The summed E-state index contributed by atoms with van der Waals surface area (Å²) in [7, 11) is 0. The second-order valence-electron chi connectivity index (χ2n) is 2.91. The molecule has 1 rings (SSSR count). The fourth-order valence-corrected chi connectivity index (χ4v) is 1.22. The van der Waals surface area contributed by atoms with Crippen LogP contribution in [0.3, 0.4) is 0 Å². The molecular weight excluding hydrogens is 180 g/mol. The highest BCUT2D eigenvalue weighted by molar-refractivity contribution is 5.85. The van der Waals surface area contributed by atoms with Gasteiger partial charge in [-0.05, 0) is 35.8 Å². The highest BCUT2D eigenvalue weighted by Gasteiger charge is 1.99. The number of carboxylic acid groups (broad SMARTS) is 1. The smallest absolute Gasteiger partial charge is 0.328 e. The number of phenolic OH excluding ortho intramolecular Hbond substituents is 1. The molecule has 0 unspecified atom stereocenters. The fraction of sp³-hybridized carbons (Fsp3) is 0.182. The van der Waals surface area contributed by atoms with Crippen LogP contribution < -0.4 is 0 Å². The van der Waals surface area contributed by atoms with Crippen molar-refractivity contribution in [3.63, 3.8) is 0 Å². The van der Waals surface area contributed by atoms with Crippen LogP contribution in [0.4, 0.5) is 0 Å². The van der Waals surface area contributed by atoms with Crippen LogP contribution in [0.1, 0.15) is 18.1 Å². The summed E-state index contributed by atoms with van der Waals surface area (Å²) in [6.45, 7) is 1.95. The molecule has 0 fully saturated rings. The summed E-state index contributed by atoms with van der Waals surface area (Å²) in [6.07, 6.45) is 3.37. The first kappa shape index (κ1) is 10.3. The molecular formula is C11H12O3. The lowest BCUT2D eigenvalue weighted by atomic mass is 10.0. The van der Waals surface area contributed by atoms with E-state index in [9.17, 15) is 9.90 Å². The Morgan fingerprint density at radius 3 is 2.79 bits per heavy atom. The predicted molar refractivity (Wildman–Crippen MR) is 54.2 cm³/mol. The van der Waals surface area contributed by atoms with Crippen molar-refractivity contribution in [2.75, 3.05) is 0 Å². The molecule has 14 heavy (non-hydrogen) atoms. The number of carboxylic acids is 1. The van der Waals surface area contributed by atoms with Crippen molar-refractivity contribution in [3.8, 4) is 5.75 Å². The SMILES string of the molecule is CCc1cc(O)ccc1C=CC(=O)O. The molecule has 3 heteroatoms. The van der Waals surface area contributed by atoms with Gasteiger partial charge in [-0.25, -0.2) is 4.79 Å². The standard InChI is InChI=1S/C11H12O3/c1-2-8-7-10(12)5-3-9(8)4-6-11(13)14/h3-7,12H,2H2,1H3,(H,13,14). The average Bonchev–Trinajstić information content (AvgIpc) is 2.15. The lowest BCUT2D eigenvalue weighted by Gasteiger charge is -2.03. The van der Waals surface area contributed by atoms with Gasteiger partial charge in [0.05, 0.1) is 0 Å². The van der Waals surface area contributed by atoms with E-state index < -0.39 is 5.97 Å². The first-order chi connectivity index (χ1) is 6.63. The monoisotopic (exact) mass is 192 g/mol. The van der Waals surface area contributed by atoms with E-state index in [1.807, 2.05) is 6.92 Å². The lowest BCUT2D eigenvalue weighted by Crippen LogP contribution is -1.89. The molecule has 0 radical (unpaired) electrons. The van der Waals surface area contributed by atoms with Crippen LogP contribution in [0, 0.1) is 0 Å². The van der Waals surface area contributed by atoms with Crippen LogP contribution in [-0.4, -0.2) is 16.2 Å². The molecule has 74 valence electrons. The number of phenols is 1. The van der Waals surface area contributed by atoms with Crippen LogP contribution in [0.25, 0.3) is 6.08 Å². The van der Waals surface area contributed by atoms with E-state index in [1.54, 1.807) is 18.2 Å². The first-order valence-electron chi connectivity index (χ1n) is 4.36. The van der Waals surface area contributed by atoms with Crippen molar-refractivity contribution >= 4 is 12.0 Å². The largest absolute Gasteiger partial charge is 0.508 e. The number of benzene rings is 1. The Hall–Kier alpha value is -1.77. The second-order valence-corrected chi connectivity index (χ2v) is 2.91. The lowest BCUT2D eigenvalue weighted by molar-refractivity contribution is -0.131. The number of carbonyl (C=O) groups is 1. The topological polar surface area (TPSA) is 57.5 Å². The van der Waals surface area contributed by atoms with Crippen LogP contribution in [0.5, 0.6) is 5.75 Å². The van der Waals surface area contributed by atoms with E-state index in [2.05, 4.69) is 0 Å². The van der Waals surface area contributed by atoms with Gasteiger partial charge in [0, 0.05) is 6.08 Å². The number of aryl methyl sites for hydroxylation is 1. The minimum Gasteiger partial charge on any atom is -0.508 e. The normalized spacial score (nSPS) is 10.6. The Morgan fingerprint density at radius 2 is 2.21 bits per heavy atom. The van der Waals surface area contributed by atoms with E-state index in [-0.39, 0.29) is 5.75 Å². The molecule has 3 nitrogen and oxygen atoms in total. The molecule has 1 aromatic rings. The summed E-state index contributed by atoms with van der Waals surface area (Å²) in [5.74, 6) is -0.769. The van der Waals surface area contributed by atoms with Crippen molar-refractivity contribution < 1.29 is 15.0 Å². The van der Waals surface area contributed by atoms with Crippen molar-refractivity contribution in [1.82, 2.24) is 0 Å². The summed E-state index contributed by atoms with van der Waals surface area (Å²) in [4.78, 5) is 10.3. The summed E-state index contributed by atoms with van der Waals surface area (Å²) < 4.78 is 0. The molecule has 2 N–H and O–H groups in total. The van der Waals surface area contributed by atoms with Gasteiger partial charge >= 0.3 is 5.97 Å². The fourth-order valence-electron chi connectivity index (χ4n) is 1.22. The molecule has 0 atom stereocenters. The molecule has 1 aromatic carbocycles. The Morgan fingerprint density at radius 1 is 1.50 bits per heavy atom. The van der Waals surface area contributed by atoms with E-state index in [4.69, 9.17) is 5.11 Å². The third-order valence-electron chi connectivity index (χ3n) is 1.91. The van der Waals surface area contributed by atoms with Gasteiger partial charge in [0.15, 0.2) is 0 Å². The van der Waals surface area contributed by atoms with E-state index in [0.29, 0.717) is 0 Å². The van der Waals surface area contributed by atoms with Crippen molar-refractivity contribution in [1.29, 1.82) is 0 Å². The third kappa shape index (κ3) is 2.62. The molecule has 0 amide bonds. The van der Waals surface area contributed by atoms with E-state index in [1.165, 1.54) is 6.08 Å². The minimum atomic E-state index is -0.972. The first-order valence-corrected chi connectivity index (χ1v) is 4.36. The average molecular weight is 192 g/mol. The summed E-state index contributed by atoms with van der Waals surface area (Å²) >= 11 is 0. The Bertz CT molecular complexity index is 367. The number of hydrogen-bond acceptors (Lipinski definition) is 2. The highest BCUT2D eigenvalue weighted by Crippen LogP contribution is 2.18. The maximum atomic E-state index is 10.3. The third-order valence-corrected chi connectivity index (χ3v) is 1.91. The van der Waals surface area contributed by atoms with E-state index in [0.717, 1.165) is 23.6 Å². The van der Waals surface area contributed by atoms with Gasteiger partial charge in [-0.3, -0.25) is 0 Å².